The molecule has 1 aromatic carbocycles. The van der Waals surface area contributed by atoms with Crippen molar-refractivity contribution in [3.63, 3.8) is 0 Å². The van der Waals surface area contributed by atoms with Gasteiger partial charge in [-0.2, -0.15) is 0 Å². The minimum absolute atomic E-state index is 0. The van der Waals surface area contributed by atoms with Crippen LogP contribution in [0.1, 0.15) is 32.6 Å². The van der Waals surface area contributed by atoms with Gasteiger partial charge in [-0.3, -0.25) is 4.79 Å². The number of hydrogen-bond acceptors (Lipinski definition) is 3. The van der Waals surface area contributed by atoms with Crippen LogP contribution in [-0.2, 0) is 4.79 Å². The van der Waals surface area contributed by atoms with Gasteiger partial charge < -0.3 is 21.3 Å². The first-order valence-corrected chi connectivity index (χ1v) is 8.78. The molecular formula is C18H28ClFN4O2. The van der Waals surface area contributed by atoms with Gasteiger partial charge >= 0.3 is 6.03 Å². The Kier molecular flexibility index (Phi) is 9.37. The summed E-state index contributed by atoms with van der Waals surface area (Å²) in [6, 6.07) is 5.41. The second-order valence-electron chi connectivity index (χ2n) is 6.71. The molecule has 3 amide bonds. The third kappa shape index (κ3) is 7.58. The highest BCUT2D eigenvalue weighted by atomic mass is 35.5. The van der Waals surface area contributed by atoms with E-state index < -0.39 is 5.82 Å². The lowest BCUT2D eigenvalue weighted by atomic mass is 9.97. The van der Waals surface area contributed by atoms with Crippen LogP contribution in [0.25, 0.3) is 0 Å². The summed E-state index contributed by atoms with van der Waals surface area (Å²) < 4.78 is 13.1. The summed E-state index contributed by atoms with van der Waals surface area (Å²) in [5, 5.41) is 5.40. The summed E-state index contributed by atoms with van der Waals surface area (Å²) in [4.78, 5) is 26.0. The number of halogens is 2. The van der Waals surface area contributed by atoms with E-state index in [2.05, 4.69) is 10.6 Å². The van der Waals surface area contributed by atoms with E-state index in [9.17, 15) is 14.0 Å². The molecule has 2 rings (SSSR count). The fourth-order valence-electron chi connectivity index (χ4n) is 2.95. The van der Waals surface area contributed by atoms with Gasteiger partial charge in [-0.25, -0.2) is 9.18 Å². The van der Waals surface area contributed by atoms with Crippen molar-refractivity contribution in [1.29, 1.82) is 0 Å². The monoisotopic (exact) mass is 386 g/mol. The number of benzene rings is 1. The molecule has 0 spiro atoms. The number of nitrogens with zero attached hydrogens (tertiary/aromatic N) is 1. The molecule has 0 bridgehead atoms. The van der Waals surface area contributed by atoms with Crippen molar-refractivity contribution < 1.29 is 14.0 Å². The minimum Gasteiger partial charge on any atom is -0.342 e. The number of amides is 3. The first kappa shape index (κ1) is 22.2. The predicted octanol–water partition coefficient (Wildman–Crippen LogP) is 2.73. The number of nitrogens with one attached hydrogen (secondary N) is 2. The smallest absolute Gasteiger partial charge is 0.319 e. The zero-order chi connectivity index (χ0) is 18.2. The van der Waals surface area contributed by atoms with Crippen LogP contribution < -0.4 is 16.4 Å². The maximum absolute atomic E-state index is 13.1. The van der Waals surface area contributed by atoms with Crippen molar-refractivity contribution in [2.75, 3.05) is 25.0 Å². The van der Waals surface area contributed by atoms with Gasteiger partial charge in [0, 0.05) is 37.8 Å². The van der Waals surface area contributed by atoms with Crippen molar-refractivity contribution in [3.05, 3.63) is 30.1 Å². The molecule has 1 saturated heterocycles. The van der Waals surface area contributed by atoms with Gasteiger partial charge in [-0.1, -0.05) is 6.07 Å². The van der Waals surface area contributed by atoms with Crippen LogP contribution in [0, 0.1) is 11.7 Å². The number of carbonyl (C=O) groups excluding carboxylic acids is 2. The Balaban J connectivity index is 0.00000338. The second-order valence-corrected chi connectivity index (χ2v) is 6.71. The topological polar surface area (TPSA) is 87.5 Å². The molecule has 2 unspecified atom stereocenters. The highest BCUT2D eigenvalue weighted by Crippen LogP contribution is 2.17. The summed E-state index contributed by atoms with van der Waals surface area (Å²) >= 11 is 0. The third-order valence-corrected chi connectivity index (χ3v) is 4.32. The van der Waals surface area contributed by atoms with Gasteiger partial charge in [0.25, 0.3) is 0 Å². The van der Waals surface area contributed by atoms with E-state index in [0.29, 0.717) is 31.6 Å². The lowest BCUT2D eigenvalue weighted by molar-refractivity contribution is -0.133. The average molecular weight is 387 g/mol. The number of carbonyl (C=O) groups is 2. The van der Waals surface area contributed by atoms with Gasteiger partial charge in [-0.15, -0.1) is 12.4 Å². The van der Waals surface area contributed by atoms with Crippen molar-refractivity contribution in [1.82, 2.24) is 10.2 Å². The number of likely N-dealkylation sites (tertiary alicyclic amines) is 1. The summed E-state index contributed by atoms with van der Waals surface area (Å²) in [5.74, 6) is -0.0384. The van der Waals surface area contributed by atoms with E-state index >= 15 is 0 Å². The Labute approximate surface area is 160 Å². The molecule has 0 aromatic heterocycles. The fraction of sp³-hybridized carbons (Fsp3) is 0.556. The van der Waals surface area contributed by atoms with E-state index in [-0.39, 0.29) is 36.3 Å². The van der Waals surface area contributed by atoms with E-state index in [4.69, 9.17) is 5.73 Å². The molecule has 0 radical (unpaired) electrons. The van der Waals surface area contributed by atoms with E-state index in [1.54, 1.807) is 6.07 Å². The molecule has 1 fully saturated rings. The third-order valence-electron chi connectivity index (χ3n) is 4.32. The summed E-state index contributed by atoms with van der Waals surface area (Å²) in [7, 11) is 0. The normalized spacial score (nSPS) is 17.8. The lowest BCUT2D eigenvalue weighted by Crippen LogP contribution is -2.44. The van der Waals surface area contributed by atoms with Gasteiger partial charge in [0.1, 0.15) is 5.82 Å². The van der Waals surface area contributed by atoms with Crippen molar-refractivity contribution in [2.45, 2.75) is 38.6 Å². The first-order valence-electron chi connectivity index (χ1n) is 8.78. The molecule has 146 valence electrons. The van der Waals surface area contributed by atoms with Crippen LogP contribution in [0.4, 0.5) is 14.9 Å². The molecule has 8 heteroatoms. The predicted molar refractivity (Wildman–Crippen MR) is 103 cm³/mol. The minimum atomic E-state index is -0.397. The Morgan fingerprint density at radius 3 is 2.88 bits per heavy atom. The van der Waals surface area contributed by atoms with Crippen LogP contribution in [0.2, 0.25) is 0 Å². The molecule has 26 heavy (non-hydrogen) atoms. The van der Waals surface area contributed by atoms with Crippen molar-refractivity contribution in [2.24, 2.45) is 11.7 Å². The summed E-state index contributed by atoms with van der Waals surface area (Å²) in [5.41, 5.74) is 6.11. The molecule has 2 atom stereocenters. The number of rotatable bonds is 6. The van der Waals surface area contributed by atoms with Gasteiger partial charge in [0.05, 0.1) is 0 Å². The van der Waals surface area contributed by atoms with Crippen LogP contribution in [0.5, 0.6) is 0 Å². The summed E-state index contributed by atoms with van der Waals surface area (Å²) in [6.07, 6.45) is 3.06. The van der Waals surface area contributed by atoms with E-state index in [0.717, 1.165) is 19.4 Å². The van der Waals surface area contributed by atoms with E-state index in [1.807, 2.05) is 11.8 Å². The zero-order valence-electron chi connectivity index (χ0n) is 15.0. The van der Waals surface area contributed by atoms with Gasteiger partial charge in [0.15, 0.2) is 0 Å². The molecule has 4 N–H and O–H groups in total. The van der Waals surface area contributed by atoms with Gasteiger partial charge in [-0.05, 0) is 50.3 Å². The highest BCUT2D eigenvalue weighted by Gasteiger charge is 2.23. The Morgan fingerprint density at radius 2 is 2.19 bits per heavy atom. The quantitative estimate of drug-likeness (QED) is 0.702. The molecule has 1 heterocycles. The molecule has 0 aliphatic carbocycles. The van der Waals surface area contributed by atoms with Crippen molar-refractivity contribution >= 4 is 30.0 Å². The molecule has 1 aliphatic heterocycles. The number of hydrogen-bond donors (Lipinski definition) is 3. The fourth-order valence-corrected chi connectivity index (χ4v) is 2.95. The van der Waals surface area contributed by atoms with Crippen LogP contribution in [0.3, 0.4) is 0 Å². The van der Waals surface area contributed by atoms with Gasteiger partial charge in [0.2, 0.25) is 5.91 Å². The zero-order valence-corrected chi connectivity index (χ0v) is 15.9. The maximum Gasteiger partial charge on any atom is 0.319 e. The standard InChI is InChI=1S/C18H27FN4O2.ClH/c1-13(20)7-8-17(24)23-9-3-4-14(12-23)11-21-18(25)22-16-6-2-5-15(19)10-16;/h2,5-6,10,13-14H,3-4,7-9,11-12,20H2,1H3,(H2,21,22,25);1H. The number of piperidine rings is 1. The molecule has 6 nitrogen and oxygen atoms in total. The highest BCUT2D eigenvalue weighted by molar-refractivity contribution is 5.89. The first-order chi connectivity index (χ1) is 11.9. The van der Waals surface area contributed by atoms with Crippen LogP contribution >= 0.6 is 12.4 Å². The van der Waals surface area contributed by atoms with E-state index in [1.165, 1.54) is 18.2 Å². The van der Waals surface area contributed by atoms with Crippen LogP contribution in [0.15, 0.2) is 24.3 Å². The Hall–Kier alpha value is -1.86. The summed E-state index contributed by atoms with van der Waals surface area (Å²) in [6.45, 7) is 3.80. The largest absolute Gasteiger partial charge is 0.342 e. The molecule has 0 saturated carbocycles. The lowest BCUT2D eigenvalue weighted by Gasteiger charge is -2.33. The second kappa shape index (κ2) is 11.0. The maximum atomic E-state index is 13.1. The molecule has 1 aromatic rings. The average Bonchev–Trinajstić information content (AvgIpc) is 2.58. The van der Waals surface area contributed by atoms with Crippen LogP contribution in [-0.4, -0.2) is 42.5 Å². The number of nitrogens with two attached hydrogens (primary N) is 1. The SMILES string of the molecule is CC(N)CCC(=O)N1CCCC(CNC(=O)Nc2cccc(F)c2)C1.Cl. The number of anilines is 1. The Bertz CT molecular complexity index is 600. The number of urea groups is 1. The van der Waals surface area contributed by atoms with Crippen molar-refractivity contribution in [3.8, 4) is 0 Å². The molecular weight excluding hydrogens is 359 g/mol. The Morgan fingerprint density at radius 1 is 1.42 bits per heavy atom. The molecule has 1 aliphatic rings.